The van der Waals surface area contributed by atoms with E-state index in [4.69, 9.17) is 0 Å². The third-order valence-electron chi connectivity index (χ3n) is 4.16. The molecular formula is C22H24FN3O4. The van der Waals surface area contributed by atoms with Gasteiger partial charge in [0.15, 0.2) is 11.4 Å². The highest BCUT2D eigenvalue weighted by atomic mass is 19.1. The van der Waals surface area contributed by atoms with Crippen molar-refractivity contribution in [1.29, 1.82) is 0 Å². The predicted molar refractivity (Wildman–Crippen MR) is 111 cm³/mol. The number of esters is 1. The van der Waals surface area contributed by atoms with E-state index >= 15 is 0 Å². The van der Waals surface area contributed by atoms with Crippen LogP contribution in [0.25, 0.3) is 10.9 Å². The number of carbonyl (C=O) groups is 2. The maximum Gasteiger partial charge on any atom is 0.360 e. The van der Waals surface area contributed by atoms with E-state index in [0.29, 0.717) is 29.4 Å². The van der Waals surface area contributed by atoms with Crippen molar-refractivity contribution in [3.63, 3.8) is 0 Å². The standard InChI is InChI=1S/C18H15FN2O3.C4H9NO/c1-10-14-8-12(7-11-3-5-13(19)6-4-11)9-20-15(14)17(22)16(21-10)18(23)24-2;1-4(2)5-3-6/h3-6,8-9,22H,7H2,1-2H3;3-4H,1-2H3,(H,5,6). The zero-order valence-corrected chi connectivity index (χ0v) is 17.3. The van der Waals surface area contributed by atoms with Gasteiger partial charge < -0.3 is 15.2 Å². The second-order valence-electron chi connectivity index (χ2n) is 6.87. The summed E-state index contributed by atoms with van der Waals surface area (Å²) < 4.78 is 17.6. The molecule has 2 N–H and O–H groups in total. The SMILES string of the molecule is CC(C)NC=O.COC(=O)c1nc(C)c2cc(Cc3ccc(F)cc3)cnc2c1O. The van der Waals surface area contributed by atoms with Crippen molar-refractivity contribution >= 4 is 23.3 Å². The summed E-state index contributed by atoms with van der Waals surface area (Å²) in [7, 11) is 1.22. The first-order chi connectivity index (χ1) is 14.3. The topological polar surface area (TPSA) is 101 Å². The second kappa shape index (κ2) is 10.3. The Balaban J connectivity index is 0.000000469. The summed E-state index contributed by atoms with van der Waals surface area (Å²) in [5.41, 5.74) is 2.55. The van der Waals surface area contributed by atoms with E-state index in [9.17, 15) is 19.1 Å². The number of hydrogen-bond donors (Lipinski definition) is 2. The molecule has 3 rings (SSSR count). The van der Waals surface area contributed by atoms with Gasteiger partial charge in [-0.15, -0.1) is 0 Å². The Labute approximate surface area is 173 Å². The van der Waals surface area contributed by atoms with Crippen LogP contribution in [0.4, 0.5) is 4.39 Å². The largest absolute Gasteiger partial charge is 0.504 e. The Bertz CT molecular complexity index is 1040. The van der Waals surface area contributed by atoms with Crippen LogP contribution < -0.4 is 5.32 Å². The molecule has 7 nitrogen and oxygen atoms in total. The fourth-order valence-corrected chi connectivity index (χ4v) is 2.68. The molecule has 0 bridgehead atoms. The second-order valence-corrected chi connectivity index (χ2v) is 6.87. The van der Waals surface area contributed by atoms with Crippen LogP contribution in [0.15, 0.2) is 36.5 Å². The van der Waals surface area contributed by atoms with Crippen LogP contribution in [-0.2, 0) is 16.0 Å². The van der Waals surface area contributed by atoms with Crippen molar-refractivity contribution in [1.82, 2.24) is 15.3 Å². The molecule has 8 heteroatoms. The maximum atomic E-state index is 13.0. The molecule has 0 saturated carbocycles. The highest BCUT2D eigenvalue weighted by Gasteiger charge is 2.19. The smallest absolute Gasteiger partial charge is 0.360 e. The van der Waals surface area contributed by atoms with E-state index in [0.717, 1.165) is 11.1 Å². The Hall–Kier alpha value is -3.55. The van der Waals surface area contributed by atoms with Crippen LogP contribution in [0, 0.1) is 12.7 Å². The lowest BCUT2D eigenvalue weighted by Crippen LogP contribution is -2.19. The first kappa shape index (κ1) is 22.7. The average molecular weight is 413 g/mol. The first-order valence-electron chi connectivity index (χ1n) is 9.27. The van der Waals surface area contributed by atoms with Gasteiger partial charge in [0, 0.05) is 23.3 Å². The van der Waals surface area contributed by atoms with Crippen LogP contribution in [0.2, 0.25) is 0 Å². The van der Waals surface area contributed by atoms with Crippen LogP contribution in [0.1, 0.15) is 41.2 Å². The molecule has 1 aromatic carbocycles. The van der Waals surface area contributed by atoms with Crippen LogP contribution in [-0.4, -0.2) is 40.6 Å². The molecule has 158 valence electrons. The number of nitrogens with one attached hydrogen (secondary N) is 1. The number of halogens is 1. The minimum Gasteiger partial charge on any atom is -0.504 e. The van der Waals surface area contributed by atoms with Gasteiger partial charge in [0.2, 0.25) is 6.41 Å². The number of aromatic hydroxyl groups is 1. The number of hydrogen-bond acceptors (Lipinski definition) is 6. The van der Waals surface area contributed by atoms with Crippen molar-refractivity contribution < 1.29 is 23.8 Å². The van der Waals surface area contributed by atoms with Crippen molar-refractivity contribution in [2.24, 2.45) is 0 Å². The van der Waals surface area contributed by atoms with Crippen molar-refractivity contribution in [2.45, 2.75) is 33.2 Å². The normalized spacial score (nSPS) is 10.3. The lowest BCUT2D eigenvalue weighted by Gasteiger charge is -2.09. The number of rotatable bonds is 5. The predicted octanol–water partition coefficient (Wildman–Crippen LogP) is 3.30. The van der Waals surface area contributed by atoms with Crippen molar-refractivity contribution in [3.05, 3.63) is 64.9 Å². The van der Waals surface area contributed by atoms with Gasteiger partial charge in [-0.1, -0.05) is 12.1 Å². The van der Waals surface area contributed by atoms with Gasteiger partial charge in [0.05, 0.1) is 7.11 Å². The number of aryl methyl sites for hydroxylation is 1. The molecule has 2 aromatic heterocycles. The minimum absolute atomic E-state index is 0.152. The monoisotopic (exact) mass is 413 g/mol. The van der Waals surface area contributed by atoms with E-state index in [2.05, 4.69) is 20.0 Å². The van der Waals surface area contributed by atoms with Crippen LogP contribution in [0.3, 0.4) is 0 Å². The molecule has 0 aliphatic heterocycles. The number of methoxy groups -OCH3 is 1. The quantitative estimate of drug-likeness (QED) is 0.492. The molecule has 0 atom stereocenters. The molecule has 0 saturated heterocycles. The molecule has 0 unspecified atom stereocenters. The number of aromatic nitrogens is 2. The fourth-order valence-electron chi connectivity index (χ4n) is 2.68. The number of amides is 1. The first-order valence-corrected chi connectivity index (χ1v) is 9.27. The number of nitrogens with zero attached hydrogens (tertiary/aromatic N) is 2. The zero-order valence-electron chi connectivity index (χ0n) is 17.3. The number of pyridine rings is 2. The van der Waals surface area contributed by atoms with E-state index in [1.165, 1.54) is 19.2 Å². The molecule has 3 aromatic rings. The van der Waals surface area contributed by atoms with Gasteiger partial charge in [0.25, 0.3) is 0 Å². The molecule has 1 amide bonds. The molecular weight excluding hydrogens is 389 g/mol. The molecule has 2 heterocycles. The lowest BCUT2D eigenvalue weighted by atomic mass is 10.0. The minimum atomic E-state index is -0.713. The average Bonchev–Trinajstić information content (AvgIpc) is 2.72. The number of benzene rings is 1. The van der Waals surface area contributed by atoms with Gasteiger partial charge in [-0.25, -0.2) is 14.2 Å². The van der Waals surface area contributed by atoms with Gasteiger partial charge in [0.1, 0.15) is 11.3 Å². The van der Waals surface area contributed by atoms with Crippen LogP contribution in [0.5, 0.6) is 5.75 Å². The zero-order chi connectivity index (χ0) is 22.3. The highest BCUT2D eigenvalue weighted by Crippen LogP contribution is 2.29. The van der Waals surface area contributed by atoms with Gasteiger partial charge in [-0.05, 0) is 56.5 Å². The number of ether oxygens (including phenoxy) is 1. The molecule has 0 radical (unpaired) electrons. The molecule has 30 heavy (non-hydrogen) atoms. The molecule has 0 fully saturated rings. The Morgan fingerprint density at radius 1 is 1.27 bits per heavy atom. The summed E-state index contributed by atoms with van der Waals surface area (Å²) in [4.78, 5) is 29.5. The van der Waals surface area contributed by atoms with Crippen molar-refractivity contribution in [3.8, 4) is 5.75 Å². The Morgan fingerprint density at radius 3 is 2.47 bits per heavy atom. The maximum absolute atomic E-state index is 13.0. The summed E-state index contributed by atoms with van der Waals surface area (Å²) in [5.74, 6) is -1.29. The number of fused-ring (bicyclic) bond motifs is 1. The van der Waals surface area contributed by atoms with E-state index in [1.807, 2.05) is 19.9 Å². The van der Waals surface area contributed by atoms with E-state index < -0.39 is 5.97 Å². The van der Waals surface area contributed by atoms with Crippen molar-refractivity contribution in [2.75, 3.05) is 7.11 Å². The van der Waals surface area contributed by atoms with E-state index in [1.54, 1.807) is 25.3 Å². The summed E-state index contributed by atoms with van der Waals surface area (Å²) in [6.45, 7) is 5.56. The third-order valence-corrected chi connectivity index (χ3v) is 4.16. The third kappa shape index (κ3) is 5.73. The molecule has 0 spiro atoms. The van der Waals surface area contributed by atoms with Gasteiger partial charge in [-0.2, -0.15) is 0 Å². The van der Waals surface area contributed by atoms with E-state index in [-0.39, 0.29) is 23.3 Å². The molecule has 0 aliphatic carbocycles. The summed E-state index contributed by atoms with van der Waals surface area (Å²) in [6.07, 6.45) is 2.89. The van der Waals surface area contributed by atoms with Gasteiger partial charge in [-0.3, -0.25) is 9.78 Å². The fraction of sp³-hybridized carbons (Fsp3) is 0.273. The summed E-state index contributed by atoms with van der Waals surface area (Å²) >= 11 is 0. The molecule has 0 aliphatic rings. The number of carbonyl (C=O) groups excluding carboxylic acids is 2. The summed E-state index contributed by atoms with van der Waals surface area (Å²) in [6, 6.07) is 8.37. The summed E-state index contributed by atoms with van der Waals surface area (Å²) in [5, 5.41) is 13.4. The lowest BCUT2D eigenvalue weighted by molar-refractivity contribution is -0.109. The Kier molecular flexibility index (Phi) is 7.80. The Morgan fingerprint density at radius 2 is 1.93 bits per heavy atom. The van der Waals surface area contributed by atoms with Gasteiger partial charge >= 0.3 is 5.97 Å². The van der Waals surface area contributed by atoms with Crippen LogP contribution >= 0.6 is 0 Å². The highest BCUT2D eigenvalue weighted by molar-refractivity contribution is 5.98.